The van der Waals surface area contributed by atoms with E-state index >= 15 is 0 Å². The second-order valence-electron chi connectivity index (χ2n) is 9.67. The van der Waals surface area contributed by atoms with Crippen LogP contribution in [0.4, 0.5) is 5.69 Å². The van der Waals surface area contributed by atoms with Gasteiger partial charge in [0.2, 0.25) is 11.8 Å². The zero-order valence-electron chi connectivity index (χ0n) is 21.2. The van der Waals surface area contributed by atoms with Gasteiger partial charge in [0.25, 0.3) is 11.8 Å². The lowest BCUT2D eigenvalue weighted by atomic mass is 10.0. The van der Waals surface area contributed by atoms with E-state index in [-0.39, 0.29) is 31.2 Å². The molecule has 1 aromatic rings. The number of hydrogen-bond acceptors (Lipinski definition) is 6. The zero-order valence-corrected chi connectivity index (χ0v) is 22.0. The molecular formula is C27H41ClN4O4. The average molecular weight is 521 g/mol. The maximum absolute atomic E-state index is 12.9. The number of nitrogens with two attached hydrogens (primary N) is 1. The number of nitrogens with one attached hydrogen (secondary N) is 2. The number of hydrogen-bond donors (Lipinski definition) is 3. The van der Waals surface area contributed by atoms with Crippen LogP contribution in [0.3, 0.4) is 0 Å². The smallest absolute Gasteiger partial charge is 0.262 e. The molecule has 2 heterocycles. The first-order chi connectivity index (χ1) is 17.0. The number of carbonyl (C=O) groups is 4. The Bertz CT molecular complexity index is 908. The van der Waals surface area contributed by atoms with Gasteiger partial charge in [0.15, 0.2) is 0 Å². The number of rotatable bonds is 16. The van der Waals surface area contributed by atoms with Crippen molar-refractivity contribution >= 4 is 41.7 Å². The molecule has 1 aromatic carbocycles. The van der Waals surface area contributed by atoms with Crippen molar-refractivity contribution in [2.45, 2.75) is 95.9 Å². The minimum Gasteiger partial charge on any atom is -0.385 e. The molecule has 0 radical (unpaired) electrons. The Balaban J connectivity index is 0.00000456. The molecule has 1 atom stereocenters. The lowest BCUT2D eigenvalue weighted by molar-refractivity contribution is -0.136. The predicted molar refractivity (Wildman–Crippen MR) is 143 cm³/mol. The van der Waals surface area contributed by atoms with E-state index in [1.165, 1.54) is 57.8 Å². The summed E-state index contributed by atoms with van der Waals surface area (Å²) < 4.78 is 0. The number of benzene rings is 1. The summed E-state index contributed by atoms with van der Waals surface area (Å²) in [5.41, 5.74) is 6.92. The SMILES string of the molecule is Cl.NCCCCCCCCCCCCCCNc1ccc2c(c1)C(=O)N(C1CCC(=O)NC1=O)C2=O. The van der Waals surface area contributed by atoms with Crippen molar-refractivity contribution in [2.75, 3.05) is 18.4 Å². The molecule has 4 N–H and O–H groups in total. The zero-order chi connectivity index (χ0) is 25.0. The number of piperidine rings is 1. The van der Waals surface area contributed by atoms with Crippen LogP contribution >= 0.6 is 12.4 Å². The van der Waals surface area contributed by atoms with E-state index in [0.717, 1.165) is 42.9 Å². The molecule has 36 heavy (non-hydrogen) atoms. The predicted octanol–water partition coefficient (Wildman–Crippen LogP) is 4.56. The van der Waals surface area contributed by atoms with Gasteiger partial charge >= 0.3 is 0 Å². The summed E-state index contributed by atoms with van der Waals surface area (Å²) in [5.74, 6) is -1.91. The van der Waals surface area contributed by atoms with Crippen molar-refractivity contribution in [3.63, 3.8) is 0 Å². The van der Waals surface area contributed by atoms with Crippen LogP contribution in [0.5, 0.6) is 0 Å². The third-order valence-electron chi connectivity index (χ3n) is 6.90. The number of anilines is 1. The Kier molecular flexibility index (Phi) is 12.9. The maximum atomic E-state index is 12.9. The van der Waals surface area contributed by atoms with Crippen LogP contribution in [0, 0.1) is 0 Å². The van der Waals surface area contributed by atoms with Gasteiger partial charge in [0, 0.05) is 18.7 Å². The third kappa shape index (κ3) is 8.30. The van der Waals surface area contributed by atoms with Crippen LogP contribution in [-0.4, -0.2) is 47.7 Å². The Morgan fingerprint density at radius 2 is 1.36 bits per heavy atom. The van der Waals surface area contributed by atoms with Gasteiger partial charge in [-0.1, -0.05) is 64.2 Å². The lowest BCUT2D eigenvalue weighted by Crippen LogP contribution is -2.54. The van der Waals surface area contributed by atoms with Crippen LogP contribution in [-0.2, 0) is 9.59 Å². The van der Waals surface area contributed by atoms with Gasteiger partial charge < -0.3 is 11.1 Å². The molecule has 2 aliphatic rings. The van der Waals surface area contributed by atoms with Crippen molar-refractivity contribution in [3.05, 3.63) is 29.3 Å². The molecule has 0 saturated carbocycles. The molecule has 0 bridgehead atoms. The topological polar surface area (TPSA) is 122 Å². The average Bonchev–Trinajstić information content (AvgIpc) is 3.09. The molecule has 2 aliphatic heterocycles. The Labute approximate surface area is 220 Å². The molecule has 9 heteroatoms. The molecule has 1 unspecified atom stereocenters. The van der Waals surface area contributed by atoms with Gasteiger partial charge in [-0.2, -0.15) is 0 Å². The van der Waals surface area contributed by atoms with Crippen LogP contribution in [0.1, 0.15) is 111 Å². The quantitative estimate of drug-likeness (QED) is 0.217. The van der Waals surface area contributed by atoms with Crippen LogP contribution in [0.15, 0.2) is 18.2 Å². The van der Waals surface area contributed by atoms with Gasteiger partial charge in [-0.05, 0) is 44.0 Å². The minimum atomic E-state index is -0.933. The molecule has 1 saturated heterocycles. The third-order valence-corrected chi connectivity index (χ3v) is 6.90. The monoisotopic (exact) mass is 520 g/mol. The fourth-order valence-electron chi connectivity index (χ4n) is 4.85. The van der Waals surface area contributed by atoms with Crippen molar-refractivity contribution in [2.24, 2.45) is 5.73 Å². The Morgan fingerprint density at radius 3 is 1.94 bits per heavy atom. The lowest BCUT2D eigenvalue weighted by Gasteiger charge is -2.27. The van der Waals surface area contributed by atoms with E-state index in [0.29, 0.717) is 11.1 Å². The van der Waals surface area contributed by atoms with Gasteiger partial charge in [-0.3, -0.25) is 29.4 Å². The molecule has 3 rings (SSSR count). The number of nitrogens with zero attached hydrogens (tertiary/aromatic N) is 1. The highest BCUT2D eigenvalue weighted by atomic mass is 35.5. The van der Waals surface area contributed by atoms with E-state index < -0.39 is 23.8 Å². The number of unbranched alkanes of at least 4 members (excludes halogenated alkanes) is 11. The standard InChI is InChI=1S/C27H40N4O4.ClH/c28-17-11-9-7-5-3-1-2-4-6-8-10-12-18-29-20-13-14-21-22(19-20)27(35)31(26(21)34)23-15-16-24(32)30-25(23)33;/h13-14,19,23,29H,1-12,15-18,28H2,(H,30,32,33);1H. The maximum Gasteiger partial charge on any atom is 0.262 e. The molecule has 200 valence electrons. The summed E-state index contributed by atoms with van der Waals surface area (Å²) in [5, 5.41) is 5.56. The Hall–Kier alpha value is -2.45. The van der Waals surface area contributed by atoms with E-state index in [1.54, 1.807) is 18.2 Å². The van der Waals surface area contributed by atoms with E-state index in [9.17, 15) is 19.2 Å². The largest absolute Gasteiger partial charge is 0.385 e. The van der Waals surface area contributed by atoms with Gasteiger partial charge in [-0.15, -0.1) is 12.4 Å². The summed E-state index contributed by atoms with van der Waals surface area (Å²) in [6.07, 6.45) is 15.4. The summed E-state index contributed by atoms with van der Waals surface area (Å²) in [4.78, 5) is 50.2. The van der Waals surface area contributed by atoms with Crippen molar-refractivity contribution < 1.29 is 19.2 Å². The highest BCUT2D eigenvalue weighted by Crippen LogP contribution is 2.29. The second kappa shape index (κ2) is 15.6. The normalized spacial score (nSPS) is 17.1. The Morgan fingerprint density at radius 1 is 0.806 bits per heavy atom. The fraction of sp³-hybridized carbons (Fsp3) is 0.630. The highest BCUT2D eigenvalue weighted by molar-refractivity contribution is 6.23. The first-order valence-corrected chi connectivity index (χ1v) is 13.3. The van der Waals surface area contributed by atoms with Gasteiger partial charge in [0.1, 0.15) is 6.04 Å². The highest BCUT2D eigenvalue weighted by Gasteiger charge is 2.44. The number of imide groups is 2. The number of carbonyl (C=O) groups excluding carboxylic acids is 4. The van der Waals surface area contributed by atoms with Crippen molar-refractivity contribution in [1.82, 2.24) is 10.2 Å². The summed E-state index contributed by atoms with van der Waals surface area (Å²) in [6, 6.07) is 4.20. The van der Waals surface area contributed by atoms with Gasteiger partial charge in [-0.25, -0.2) is 0 Å². The summed E-state index contributed by atoms with van der Waals surface area (Å²) in [6.45, 7) is 1.62. The second-order valence-corrected chi connectivity index (χ2v) is 9.67. The summed E-state index contributed by atoms with van der Waals surface area (Å²) >= 11 is 0. The number of fused-ring (bicyclic) bond motifs is 1. The summed E-state index contributed by atoms with van der Waals surface area (Å²) in [7, 11) is 0. The molecule has 0 spiro atoms. The van der Waals surface area contributed by atoms with Crippen molar-refractivity contribution in [3.8, 4) is 0 Å². The van der Waals surface area contributed by atoms with Crippen molar-refractivity contribution in [1.29, 1.82) is 0 Å². The van der Waals surface area contributed by atoms with Gasteiger partial charge in [0.05, 0.1) is 11.1 Å². The molecule has 1 fully saturated rings. The van der Waals surface area contributed by atoms with Crippen LogP contribution in [0.25, 0.3) is 0 Å². The van der Waals surface area contributed by atoms with Crippen LogP contribution < -0.4 is 16.4 Å². The molecule has 0 aromatic heterocycles. The first kappa shape index (κ1) is 29.8. The first-order valence-electron chi connectivity index (χ1n) is 13.3. The minimum absolute atomic E-state index is 0. The number of halogens is 1. The fourth-order valence-corrected chi connectivity index (χ4v) is 4.85. The van der Waals surface area contributed by atoms with E-state index in [4.69, 9.17) is 5.73 Å². The van der Waals surface area contributed by atoms with Crippen LogP contribution in [0.2, 0.25) is 0 Å². The molecule has 4 amide bonds. The molecular weight excluding hydrogens is 480 g/mol. The molecule has 8 nitrogen and oxygen atoms in total. The van der Waals surface area contributed by atoms with E-state index in [1.807, 2.05) is 0 Å². The number of amides is 4. The van der Waals surface area contributed by atoms with E-state index in [2.05, 4.69) is 10.6 Å². The molecule has 0 aliphatic carbocycles.